The van der Waals surface area contributed by atoms with Crippen molar-refractivity contribution in [1.82, 2.24) is 0 Å². The van der Waals surface area contributed by atoms with Crippen LogP contribution in [0.3, 0.4) is 0 Å². The number of hydrogen-bond donors (Lipinski definition) is 1. The quantitative estimate of drug-likeness (QED) is 0.625. The van der Waals surface area contributed by atoms with E-state index < -0.39 is 5.91 Å². The van der Waals surface area contributed by atoms with Crippen molar-refractivity contribution in [3.05, 3.63) is 22.8 Å². The van der Waals surface area contributed by atoms with Crippen molar-refractivity contribution >= 4 is 17.9 Å². The zero-order chi connectivity index (χ0) is 12.3. The van der Waals surface area contributed by atoms with Crippen molar-refractivity contribution in [2.45, 2.75) is 20.8 Å². The average molecular weight is 221 g/mol. The second-order valence-corrected chi connectivity index (χ2v) is 3.63. The Balaban J connectivity index is 3.25. The van der Waals surface area contributed by atoms with Gasteiger partial charge < -0.3 is 10.1 Å². The highest BCUT2D eigenvalue weighted by molar-refractivity contribution is 6.29. The number of methoxy groups -OCH3 is 1. The Labute approximate surface area is 94.6 Å². The van der Waals surface area contributed by atoms with Crippen LogP contribution < -0.4 is 10.1 Å². The molecule has 4 nitrogen and oxygen atoms in total. The van der Waals surface area contributed by atoms with Gasteiger partial charge in [-0.2, -0.15) is 0 Å². The maximum Gasteiger partial charge on any atom is 0.288 e. The van der Waals surface area contributed by atoms with Crippen molar-refractivity contribution in [2.24, 2.45) is 0 Å². The summed E-state index contributed by atoms with van der Waals surface area (Å²) in [6.45, 7) is 5.64. The number of benzene rings is 1. The van der Waals surface area contributed by atoms with Gasteiger partial charge in [-0.25, -0.2) is 0 Å². The third-order valence-electron chi connectivity index (χ3n) is 2.62. The predicted molar refractivity (Wildman–Crippen MR) is 61.9 cm³/mol. The zero-order valence-corrected chi connectivity index (χ0v) is 9.88. The highest BCUT2D eigenvalue weighted by atomic mass is 16.5. The summed E-state index contributed by atoms with van der Waals surface area (Å²) >= 11 is 0. The minimum Gasteiger partial charge on any atom is -0.496 e. The maximum atomic E-state index is 11.0. The van der Waals surface area contributed by atoms with Crippen LogP contribution in [0.1, 0.15) is 16.7 Å². The first kappa shape index (κ1) is 12.2. The summed E-state index contributed by atoms with van der Waals surface area (Å²) in [5.74, 6) is 0.134. The lowest BCUT2D eigenvalue weighted by Gasteiger charge is -2.15. The van der Waals surface area contributed by atoms with E-state index in [4.69, 9.17) is 4.74 Å². The third kappa shape index (κ3) is 2.21. The lowest BCUT2D eigenvalue weighted by atomic mass is 10.0. The second kappa shape index (κ2) is 4.79. The molecular weight excluding hydrogens is 206 g/mol. The van der Waals surface area contributed by atoms with Crippen LogP contribution >= 0.6 is 0 Å². The van der Waals surface area contributed by atoms with Gasteiger partial charge in [0.25, 0.3) is 5.91 Å². The molecule has 1 aromatic carbocycles. The number of carbonyl (C=O) groups is 2. The van der Waals surface area contributed by atoms with Crippen LogP contribution in [0.25, 0.3) is 0 Å². The number of ether oxygens (including phenoxy) is 1. The van der Waals surface area contributed by atoms with Gasteiger partial charge in [-0.3, -0.25) is 9.59 Å². The molecule has 4 heteroatoms. The molecule has 1 N–H and O–H groups in total. The van der Waals surface area contributed by atoms with Gasteiger partial charge in [0, 0.05) is 5.69 Å². The minimum absolute atomic E-state index is 0.262. The molecule has 1 rings (SSSR count). The Morgan fingerprint density at radius 3 is 2.44 bits per heavy atom. The van der Waals surface area contributed by atoms with E-state index >= 15 is 0 Å². The largest absolute Gasteiger partial charge is 0.496 e. The summed E-state index contributed by atoms with van der Waals surface area (Å²) in [6, 6.07) is 1.84. The predicted octanol–water partition coefficient (Wildman–Crippen LogP) is 1.76. The Kier molecular flexibility index (Phi) is 3.66. The van der Waals surface area contributed by atoms with E-state index in [0.717, 1.165) is 22.4 Å². The third-order valence-corrected chi connectivity index (χ3v) is 2.62. The molecule has 0 heterocycles. The molecular formula is C12H15NO3. The first-order valence-electron chi connectivity index (χ1n) is 4.92. The van der Waals surface area contributed by atoms with Crippen molar-refractivity contribution in [1.29, 1.82) is 0 Å². The lowest BCUT2D eigenvalue weighted by molar-refractivity contribution is -0.127. The summed E-state index contributed by atoms with van der Waals surface area (Å²) in [5, 5.41) is 2.56. The van der Waals surface area contributed by atoms with Gasteiger partial charge >= 0.3 is 0 Å². The molecule has 0 aliphatic rings. The second-order valence-electron chi connectivity index (χ2n) is 3.63. The van der Waals surface area contributed by atoms with Gasteiger partial charge in [-0.05, 0) is 43.5 Å². The molecule has 0 spiro atoms. The smallest absolute Gasteiger partial charge is 0.288 e. The van der Waals surface area contributed by atoms with E-state index in [-0.39, 0.29) is 6.29 Å². The van der Waals surface area contributed by atoms with Crippen LogP contribution in [0.4, 0.5) is 5.69 Å². The maximum absolute atomic E-state index is 11.0. The van der Waals surface area contributed by atoms with E-state index in [1.807, 2.05) is 26.8 Å². The highest BCUT2D eigenvalue weighted by Crippen LogP contribution is 2.30. The number of nitrogens with one attached hydrogen (secondary N) is 1. The van der Waals surface area contributed by atoms with Crippen molar-refractivity contribution in [3.63, 3.8) is 0 Å². The van der Waals surface area contributed by atoms with E-state index in [1.165, 1.54) is 0 Å². The van der Waals surface area contributed by atoms with Crippen LogP contribution in [-0.4, -0.2) is 19.3 Å². The Hall–Kier alpha value is -1.84. The van der Waals surface area contributed by atoms with E-state index in [2.05, 4.69) is 5.32 Å². The topological polar surface area (TPSA) is 55.4 Å². The number of amides is 1. The summed E-state index contributed by atoms with van der Waals surface area (Å²) in [4.78, 5) is 21.3. The SMILES string of the molecule is COc1cc(C)c(NC(=O)C=O)c(C)c1C. The summed E-state index contributed by atoms with van der Waals surface area (Å²) < 4.78 is 5.21. The summed E-state index contributed by atoms with van der Waals surface area (Å²) in [7, 11) is 1.60. The minimum atomic E-state index is -0.643. The van der Waals surface area contributed by atoms with E-state index in [0.29, 0.717) is 5.69 Å². The van der Waals surface area contributed by atoms with E-state index in [1.54, 1.807) is 7.11 Å². The summed E-state index contributed by atoms with van der Waals surface area (Å²) in [5.41, 5.74) is 3.41. The zero-order valence-electron chi connectivity index (χ0n) is 9.88. The first-order chi connectivity index (χ1) is 7.51. The molecule has 0 atom stereocenters. The van der Waals surface area contributed by atoms with Crippen LogP contribution in [-0.2, 0) is 9.59 Å². The fourth-order valence-corrected chi connectivity index (χ4v) is 1.60. The average Bonchev–Trinajstić information content (AvgIpc) is 2.28. The number of anilines is 1. The fourth-order valence-electron chi connectivity index (χ4n) is 1.60. The Morgan fingerprint density at radius 1 is 1.31 bits per heavy atom. The van der Waals surface area contributed by atoms with Gasteiger partial charge in [-0.15, -0.1) is 0 Å². The normalized spacial score (nSPS) is 9.75. The molecule has 0 aliphatic carbocycles. The van der Waals surface area contributed by atoms with Crippen LogP contribution in [0.5, 0.6) is 5.75 Å². The molecule has 0 saturated heterocycles. The molecule has 16 heavy (non-hydrogen) atoms. The standard InChI is InChI=1S/C12H15NO3/c1-7-5-10(16-4)8(2)9(3)12(7)13-11(15)6-14/h5-6H,1-4H3,(H,13,15). The highest BCUT2D eigenvalue weighted by Gasteiger charge is 2.12. The van der Waals surface area contributed by atoms with Crippen LogP contribution in [0.2, 0.25) is 0 Å². The lowest BCUT2D eigenvalue weighted by Crippen LogP contribution is -2.14. The Bertz CT molecular complexity index is 438. The monoisotopic (exact) mass is 221 g/mol. The molecule has 0 bridgehead atoms. The van der Waals surface area contributed by atoms with Gasteiger partial charge in [0.15, 0.2) is 0 Å². The van der Waals surface area contributed by atoms with Gasteiger partial charge in [-0.1, -0.05) is 0 Å². The molecule has 0 fully saturated rings. The molecule has 0 saturated carbocycles. The van der Waals surface area contributed by atoms with Crippen molar-refractivity contribution < 1.29 is 14.3 Å². The van der Waals surface area contributed by atoms with Gasteiger partial charge in [0.2, 0.25) is 6.29 Å². The van der Waals surface area contributed by atoms with Crippen molar-refractivity contribution in [2.75, 3.05) is 12.4 Å². The van der Waals surface area contributed by atoms with Crippen LogP contribution in [0, 0.1) is 20.8 Å². The number of rotatable bonds is 3. The van der Waals surface area contributed by atoms with E-state index in [9.17, 15) is 9.59 Å². The number of aryl methyl sites for hydroxylation is 1. The molecule has 0 aliphatic heterocycles. The number of aldehydes is 1. The van der Waals surface area contributed by atoms with Crippen molar-refractivity contribution in [3.8, 4) is 5.75 Å². The van der Waals surface area contributed by atoms with Gasteiger partial charge in [0.05, 0.1) is 7.11 Å². The Morgan fingerprint density at radius 2 is 1.94 bits per heavy atom. The molecule has 0 radical (unpaired) electrons. The summed E-state index contributed by atoms with van der Waals surface area (Å²) in [6.07, 6.45) is 0.262. The molecule has 1 aromatic rings. The van der Waals surface area contributed by atoms with Gasteiger partial charge in [0.1, 0.15) is 5.75 Å². The molecule has 86 valence electrons. The number of hydrogen-bond acceptors (Lipinski definition) is 3. The first-order valence-corrected chi connectivity index (χ1v) is 4.92. The molecule has 1 amide bonds. The van der Waals surface area contributed by atoms with Crippen LogP contribution in [0.15, 0.2) is 6.07 Å². The fraction of sp³-hybridized carbons (Fsp3) is 0.333. The molecule has 0 unspecified atom stereocenters. The number of carbonyl (C=O) groups excluding carboxylic acids is 2. The molecule has 0 aromatic heterocycles.